The first-order valence-corrected chi connectivity index (χ1v) is 6.25. The van der Waals surface area contributed by atoms with E-state index < -0.39 is 0 Å². The smallest absolute Gasteiger partial charge is 0.253 e. The molecular formula is C12H13BrN4O. The Morgan fingerprint density at radius 1 is 1.50 bits per heavy atom. The normalized spacial score (nSPS) is 10.3. The van der Waals surface area contributed by atoms with Gasteiger partial charge >= 0.3 is 0 Å². The molecule has 3 N–H and O–H groups in total. The molecule has 18 heavy (non-hydrogen) atoms. The summed E-state index contributed by atoms with van der Waals surface area (Å²) in [5.74, 6) is -0.167. The first-order valence-electron chi connectivity index (χ1n) is 5.46. The van der Waals surface area contributed by atoms with Crippen molar-refractivity contribution in [1.82, 2.24) is 14.9 Å². The van der Waals surface area contributed by atoms with Gasteiger partial charge in [-0.3, -0.25) is 4.79 Å². The fourth-order valence-corrected chi connectivity index (χ4v) is 1.93. The molecule has 2 aromatic rings. The minimum Gasteiger partial charge on any atom is -0.398 e. The van der Waals surface area contributed by atoms with Crippen molar-refractivity contribution in [3.8, 4) is 0 Å². The highest BCUT2D eigenvalue weighted by atomic mass is 79.9. The molecular weight excluding hydrogens is 296 g/mol. The quantitative estimate of drug-likeness (QED) is 0.844. The number of hydrogen-bond acceptors (Lipinski definition) is 3. The molecule has 0 fully saturated rings. The van der Waals surface area contributed by atoms with E-state index in [0.29, 0.717) is 24.3 Å². The minimum atomic E-state index is -0.167. The van der Waals surface area contributed by atoms with Gasteiger partial charge in [0.15, 0.2) is 0 Å². The van der Waals surface area contributed by atoms with E-state index in [1.807, 2.05) is 10.8 Å². The molecule has 0 atom stereocenters. The number of benzene rings is 1. The Kier molecular flexibility index (Phi) is 3.99. The van der Waals surface area contributed by atoms with Gasteiger partial charge in [-0.25, -0.2) is 4.98 Å². The average molecular weight is 309 g/mol. The van der Waals surface area contributed by atoms with Crippen molar-refractivity contribution < 1.29 is 4.79 Å². The summed E-state index contributed by atoms with van der Waals surface area (Å²) in [5.41, 5.74) is 6.73. The van der Waals surface area contributed by atoms with Gasteiger partial charge in [0.1, 0.15) is 0 Å². The number of imidazole rings is 1. The van der Waals surface area contributed by atoms with Crippen LogP contribution in [0, 0.1) is 0 Å². The average Bonchev–Trinajstić information content (AvgIpc) is 2.81. The van der Waals surface area contributed by atoms with Crippen LogP contribution >= 0.6 is 15.9 Å². The van der Waals surface area contributed by atoms with E-state index in [4.69, 9.17) is 5.73 Å². The third kappa shape index (κ3) is 3.10. The molecule has 0 spiro atoms. The fraction of sp³-hybridized carbons (Fsp3) is 0.167. The largest absolute Gasteiger partial charge is 0.398 e. The molecule has 0 aliphatic carbocycles. The van der Waals surface area contributed by atoms with Crippen molar-refractivity contribution in [1.29, 1.82) is 0 Å². The molecule has 1 amide bonds. The fourth-order valence-electron chi connectivity index (χ4n) is 1.55. The monoisotopic (exact) mass is 308 g/mol. The number of nitrogens with one attached hydrogen (secondary N) is 1. The lowest BCUT2D eigenvalue weighted by atomic mass is 10.1. The number of carbonyl (C=O) groups excluding carboxylic acids is 1. The number of rotatable bonds is 4. The van der Waals surface area contributed by atoms with E-state index >= 15 is 0 Å². The number of anilines is 1. The maximum atomic E-state index is 11.9. The molecule has 5 nitrogen and oxygen atoms in total. The van der Waals surface area contributed by atoms with E-state index in [1.54, 1.807) is 30.7 Å². The van der Waals surface area contributed by atoms with Crippen LogP contribution in [0.1, 0.15) is 10.4 Å². The Hall–Kier alpha value is -1.82. The molecule has 0 radical (unpaired) electrons. The van der Waals surface area contributed by atoms with Crippen LogP contribution in [0.5, 0.6) is 0 Å². The third-order valence-corrected chi connectivity index (χ3v) is 2.97. The molecule has 1 aromatic heterocycles. The molecule has 6 heteroatoms. The summed E-state index contributed by atoms with van der Waals surface area (Å²) in [6.07, 6.45) is 5.26. The number of halogens is 1. The maximum Gasteiger partial charge on any atom is 0.253 e. The van der Waals surface area contributed by atoms with Gasteiger partial charge in [-0.05, 0) is 18.2 Å². The Bertz CT molecular complexity index is 539. The van der Waals surface area contributed by atoms with Gasteiger partial charge in [-0.2, -0.15) is 0 Å². The van der Waals surface area contributed by atoms with Crippen LogP contribution in [0.4, 0.5) is 5.69 Å². The van der Waals surface area contributed by atoms with Gasteiger partial charge in [-0.1, -0.05) is 15.9 Å². The molecule has 94 valence electrons. The molecule has 0 aliphatic heterocycles. The predicted octanol–water partition coefficient (Wildman–Crippen LogP) is 1.66. The summed E-state index contributed by atoms with van der Waals surface area (Å²) >= 11 is 3.30. The zero-order chi connectivity index (χ0) is 13.0. The van der Waals surface area contributed by atoms with Crippen LogP contribution in [-0.2, 0) is 6.54 Å². The Morgan fingerprint density at radius 2 is 2.33 bits per heavy atom. The molecule has 0 saturated heterocycles. The summed E-state index contributed by atoms with van der Waals surface area (Å²) in [6, 6.07) is 5.21. The Morgan fingerprint density at radius 3 is 3.00 bits per heavy atom. The Balaban J connectivity index is 1.91. The van der Waals surface area contributed by atoms with Crippen molar-refractivity contribution >= 4 is 27.5 Å². The van der Waals surface area contributed by atoms with Crippen molar-refractivity contribution in [2.24, 2.45) is 0 Å². The topological polar surface area (TPSA) is 72.9 Å². The van der Waals surface area contributed by atoms with Crippen LogP contribution in [0.2, 0.25) is 0 Å². The summed E-state index contributed by atoms with van der Waals surface area (Å²) in [6.45, 7) is 1.22. The van der Waals surface area contributed by atoms with Gasteiger partial charge in [0.2, 0.25) is 0 Å². The van der Waals surface area contributed by atoms with E-state index in [-0.39, 0.29) is 5.91 Å². The second kappa shape index (κ2) is 5.68. The first kappa shape index (κ1) is 12.6. The third-order valence-electron chi connectivity index (χ3n) is 2.47. The standard InChI is InChI=1S/C12H13BrN4O/c13-9-1-2-10(11(14)7-9)12(18)16-4-6-17-5-3-15-8-17/h1-3,5,7-8H,4,6,14H2,(H,16,18). The molecule has 0 saturated carbocycles. The lowest BCUT2D eigenvalue weighted by Gasteiger charge is -2.08. The summed E-state index contributed by atoms with van der Waals surface area (Å²) in [4.78, 5) is 15.8. The summed E-state index contributed by atoms with van der Waals surface area (Å²) in [5, 5.41) is 2.81. The number of hydrogen-bond donors (Lipinski definition) is 2. The van der Waals surface area contributed by atoms with E-state index in [2.05, 4.69) is 26.2 Å². The number of nitrogens with two attached hydrogens (primary N) is 1. The van der Waals surface area contributed by atoms with Crippen LogP contribution in [0.25, 0.3) is 0 Å². The second-order valence-corrected chi connectivity index (χ2v) is 4.70. The highest BCUT2D eigenvalue weighted by Crippen LogP contribution is 2.18. The van der Waals surface area contributed by atoms with Gasteiger partial charge in [-0.15, -0.1) is 0 Å². The molecule has 0 bridgehead atoms. The Labute approximate surface area is 113 Å². The van der Waals surface area contributed by atoms with Crippen LogP contribution < -0.4 is 11.1 Å². The predicted molar refractivity (Wildman–Crippen MR) is 73.1 cm³/mol. The van der Waals surface area contributed by atoms with Gasteiger partial charge in [0.05, 0.1) is 11.9 Å². The summed E-state index contributed by atoms with van der Waals surface area (Å²) in [7, 11) is 0. The molecule has 0 unspecified atom stereocenters. The molecule has 0 aliphatic rings. The summed E-state index contributed by atoms with van der Waals surface area (Å²) < 4.78 is 2.75. The van der Waals surface area contributed by atoms with Gasteiger partial charge in [0, 0.05) is 35.6 Å². The number of aromatic nitrogens is 2. The van der Waals surface area contributed by atoms with E-state index in [0.717, 1.165) is 4.47 Å². The van der Waals surface area contributed by atoms with E-state index in [1.165, 1.54) is 0 Å². The van der Waals surface area contributed by atoms with E-state index in [9.17, 15) is 4.79 Å². The first-order chi connectivity index (χ1) is 8.66. The number of nitrogens with zero attached hydrogens (tertiary/aromatic N) is 2. The molecule has 1 aromatic carbocycles. The van der Waals surface area contributed by atoms with Crippen molar-refractivity contribution in [3.05, 3.63) is 47.0 Å². The second-order valence-electron chi connectivity index (χ2n) is 3.79. The van der Waals surface area contributed by atoms with Gasteiger partial charge in [0.25, 0.3) is 5.91 Å². The highest BCUT2D eigenvalue weighted by molar-refractivity contribution is 9.10. The molecule has 2 rings (SSSR count). The maximum absolute atomic E-state index is 11.9. The molecule has 1 heterocycles. The number of nitrogen functional groups attached to an aromatic ring is 1. The SMILES string of the molecule is Nc1cc(Br)ccc1C(=O)NCCn1ccnc1. The van der Waals surface area contributed by atoms with Crippen LogP contribution in [0.3, 0.4) is 0 Å². The minimum absolute atomic E-state index is 0.167. The van der Waals surface area contributed by atoms with Crippen molar-refractivity contribution in [3.63, 3.8) is 0 Å². The van der Waals surface area contributed by atoms with Crippen LogP contribution in [-0.4, -0.2) is 22.0 Å². The van der Waals surface area contributed by atoms with Crippen molar-refractivity contribution in [2.75, 3.05) is 12.3 Å². The van der Waals surface area contributed by atoms with Crippen LogP contribution in [0.15, 0.2) is 41.4 Å². The number of carbonyl (C=O) groups is 1. The number of amides is 1. The highest BCUT2D eigenvalue weighted by Gasteiger charge is 2.08. The van der Waals surface area contributed by atoms with Crippen molar-refractivity contribution in [2.45, 2.75) is 6.54 Å². The van der Waals surface area contributed by atoms with Gasteiger partial charge < -0.3 is 15.6 Å². The lowest BCUT2D eigenvalue weighted by Crippen LogP contribution is -2.27. The zero-order valence-electron chi connectivity index (χ0n) is 9.64. The lowest BCUT2D eigenvalue weighted by molar-refractivity contribution is 0.0953. The zero-order valence-corrected chi connectivity index (χ0v) is 11.2.